The Bertz CT molecular complexity index is 417. The molecule has 0 aromatic heterocycles. The van der Waals surface area contributed by atoms with E-state index in [1.165, 1.54) is 0 Å². The number of aliphatic hydroxyl groups excluding tert-OH is 2. The number of thiol groups is 1. The minimum Gasteiger partial charge on any atom is -0.389 e. The topological polar surface area (TPSA) is 57.5 Å². The molecule has 86 valence electrons. The van der Waals surface area contributed by atoms with Crippen LogP contribution in [0.3, 0.4) is 0 Å². The first-order valence-electron chi connectivity index (χ1n) is 5.27. The Hall–Kier alpha value is -0.840. The van der Waals surface area contributed by atoms with Crippen LogP contribution in [0.4, 0.5) is 0 Å². The zero-order valence-electron chi connectivity index (χ0n) is 8.76. The fourth-order valence-electron chi connectivity index (χ4n) is 2.10. The van der Waals surface area contributed by atoms with Crippen LogP contribution >= 0.6 is 12.6 Å². The number of aliphatic hydroxyl groups is 2. The molecule has 0 saturated carbocycles. The molecule has 2 rings (SSSR count). The fraction of sp³-hybridized carbons (Fsp3) is 0.417. The van der Waals surface area contributed by atoms with Crippen molar-refractivity contribution in [2.45, 2.75) is 25.0 Å². The van der Waals surface area contributed by atoms with E-state index in [1.54, 1.807) is 18.2 Å². The van der Waals surface area contributed by atoms with E-state index < -0.39 is 12.2 Å². The maximum atomic E-state index is 11.5. The van der Waals surface area contributed by atoms with Crippen molar-refractivity contribution < 1.29 is 15.0 Å². The van der Waals surface area contributed by atoms with Gasteiger partial charge >= 0.3 is 0 Å². The Balaban J connectivity index is 2.40. The highest BCUT2D eigenvalue weighted by Gasteiger charge is 2.26. The van der Waals surface area contributed by atoms with Crippen molar-refractivity contribution in [3.8, 4) is 0 Å². The van der Waals surface area contributed by atoms with E-state index in [0.717, 1.165) is 5.56 Å². The quantitative estimate of drug-likeness (QED) is 0.692. The zero-order valence-corrected chi connectivity index (χ0v) is 9.65. The van der Waals surface area contributed by atoms with Crippen molar-refractivity contribution in [1.82, 2.24) is 0 Å². The SMILES string of the molecule is O=C1CCc2c1cccc2C(O)C(O)CS. The minimum atomic E-state index is -0.960. The molecule has 0 saturated heterocycles. The Morgan fingerprint density at radius 1 is 1.31 bits per heavy atom. The number of rotatable bonds is 3. The third-order valence-electron chi connectivity index (χ3n) is 2.98. The van der Waals surface area contributed by atoms with E-state index in [0.29, 0.717) is 24.0 Å². The monoisotopic (exact) mass is 238 g/mol. The van der Waals surface area contributed by atoms with Gasteiger partial charge in [-0.1, -0.05) is 18.2 Å². The van der Waals surface area contributed by atoms with Gasteiger partial charge in [0.2, 0.25) is 0 Å². The van der Waals surface area contributed by atoms with Gasteiger partial charge in [-0.05, 0) is 17.5 Å². The third-order valence-corrected chi connectivity index (χ3v) is 3.36. The molecular weight excluding hydrogens is 224 g/mol. The normalized spacial score (nSPS) is 18.3. The van der Waals surface area contributed by atoms with Crippen LogP contribution in [0.5, 0.6) is 0 Å². The molecule has 0 heterocycles. The first-order valence-corrected chi connectivity index (χ1v) is 5.90. The largest absolute Gasteiger partial charge is 0.389 e. The molecule has 0 fully saturated rings. The number of ketones is 1. The molecule has 0 spiro atoms. The van der Waals surface area contributed by atoms with E-state index in [2.05, 4.69) is 12.6 Å². The Kier molecular flexibility index (Phi) is 3.33. The number of fused-ring (bicyclic) bond motifs is 1. The summed E-state index contributed by atoms with van der Waals surface area (Å²) >= 11 is 3.95. The summed E-state index contributed by atoms with van der Waals surface area (Å²) in [4.78, 5) is 11.5. The predicted molar refractivity (Wildman–Crippen MR) is 63.9 cm³/mol. The Labute approximate surface area is 99.5 Å². The second-order valence-electron chi connectivity index (χ2n) is 3.99. The molecule has 3 nitrogen and oxygen atoms in total. The van der Waals surface area contributed by atoms with Gasteiger partial charge in [-0.2, -0.15) is 12.6 Å². The smallest absolute Gasteiger partial charge is 0.163 e. The number of carbonyl (C=O) groups excluding carboxylic acids is 1. The molecule has 0 amide bonds. The second kappa shape index (κ2) is 4.57. The third kappa shape index (κ3) is 1.88. The van der Waals surface area contributed by atoms with Crippen LogP contribution < -0.4 is 0 Å². The summed E-state index contributed by atoms with van der Waals surface area (Å²) in [6, 6.07) is 5.27. The van der Waals surface area contributed by atoms with Crippen LogP contribution in [0.25, 0.3) is 0 Å². The van der Waals surface area contributed by atoms with Gasteiger partial charge in [0.1, 0.15) is 6.10 Å². The maximum Gasteiger partial charge on any atom is 0.163 e. The van der Waals surface area contributed by atoms with Gasteiger partial charge < -0.3 is 10.2 Å². The Morgan fingerprint density at radius 3 is 2.75 bits per heavy atom. The summed E-state index contributed by atoms with van der Waals surface area (Å²) in [6.07, 6.45) is -0.708. The van der Waals surface area contributed by atoms with Crippen molar-refractivity contribution in [2.75, 3.05) is 5.75 Å². The lowest BCUT2D eigenvalue weighted by atomic mass is 9.96. The molecule has 2 atom stereocenters. The zero-order chi connectivity index (χ0) is 11.7. The minimum absolute atomic E-state index is 0.115. The molecule has 1 aromatic carbocycles. The molecule has 2 unspecified atom stereocenters. The van der Waals surface area contributed by atoms with Crippen LogP contribution in [0.2, 0.25) is 0 Å². The van der Waals surface area contributed by atoms with Gasteiger partial charge in [0.25, 0.3) is 0 Å². The van der Waals surface area contributed by atoms with Gasteiger partial charge in [0.05, 0.1) is 6.10 Å². The molecule has 1 aliphatic carbocycles. The van der Waals surface area contributed by atoms with Crippen molar-refractivity contribution >= 4 is 18.4 Å². The van der Waals surface area contributed by atoms with Crippen LogP contribution in [0.15, 0.2) is 18.2 Å². The highest BCUT2D eigenvalue weighted by Crippen LogP contribution is 2.30. The number of hydrogen-bond acceptors (Lipinski definition) is 4. The van der Waals surface area contributed by atoms with Gasteiger partial charge in [-0.3, -0.25) is 4.79 Å². The molecular formula is C12H14O3S. The van der Waals surface area contributed by atoms with Crippen LogP contribution in [-0.2, 0) is 6.42 Å². The summed E-state index contributed by atoms with van der Waals surface area (Å²) in [5.74, 6) is 0.308. The van der Waals surface area contributed by atoms with E-state index in [-0.39, 0.29) is 11.5 Å². The highest BCUT2D eigenvalue weighted by atomic mass is 32.1. The lowest BCUT2D eigenvalue weighted by Crippen LogP contribution is -2.21. The number of benzene rings is 1. The van der Waals surface area contributed by atoms with Crippen LogP contribution in [-0.4, -0.2) is 27.9 Å². The molecule has 1 aromatic rings. The standard InChI is InChI=1S/C12H14O3S/c13-10-5-4-7-8(10)2-1-3-9(7)12(15)11(14)6-16/h1-3,11-12,14-16H,4-6H2. The van der Waals surface area contributed by atoms with Gasteiger partial charge in [-0.25, -0.2) is 0 Å². The second-order valence-corrected chi connectivity index (χ2v) is 4.36. The first-order chi connectivity index (χ1) is 7.65. The maximum absolute atomic E-state index is 11.5. The first kappa shape index (κ1) is 11.6. The molecule has 1 aliphatic rings. The summed E-state index contributed by atoms with van der Waals surface area (Å²) in [5.41, 5.74) is 2.22. The van der Waals surface area contributed by atoms with Crippen LogP contribution in [0.1, 0.15) is 34.0 Å². The number of Topliss-reactive ketones (excluding diaryl/α,β-unsaturated/α-hetero) is 1. The van der Waals surface area contributed by atoms with Gasteiger partial charge in [-0.15, -0.1) is 0 Å². The molecule has 0 radical (unpaired) electrons. The van der Waals surface area contributed by atoms with E-state index >= 15 is 0 Å². The number of carbonyl (C=O) groups is 1. The molecule has 0 bridgehead atoms. The molecule has 2 N–H and O–H groups in total. The molecule has 4 heteroatoms. The van der Waals surface area contributed by atoms with Crippen molar-refractivity contribution in [3.05, 3.63) is 34.9 Å². The van der Waals surface area contributed by atoms with Crippen LogP contribution in [0, 0.1) is 0 Å². The average Bonchev–Trinajstić information content (AvgIpc) is 2.69. The fourth-order valence-corrected chi connectivity index (χ4v) is 2.30. The van der Waals surface area contributed by atoms with Crippen molar-refractivity contribution in [2.24, 2.45) is 0 Å². The molecule has 0 aliphatic heterocycles. The van der Waals surface area contributed by atoms with E-state index in [1.807, 2.05) is 0 Å². The summed E-state index contributed by atoms with van der Waals surface area (Å²) < 4.78 is 0. The summed E-state index contributed by atoms with van der Waals surface area (Å²) in [7, 11) is 0. The summed E-state index contributed by atoms with van der Waals surface area (Å²) in [6.45, 7) is 0. The van der Waals surface area contributed by atoms with Gasteiger partial charge in [0.15, 0.2) is 5.78 Å². The lowest BCUT2D eigenvalue weighted by Gasteiger charge is -2.18. The van der Waals surface area contributed by atoms with Crippen molar-refractivity contribution in [1.29, 1.82) is 0 Å². The highest BCUT2D eigenvalue weighted by molar-refractivity contribution is 7.80. The number of hydrogen-bond donors (Lipinski definition) is 3. The predicted octanol–water partition coefficient (Wildman–Crippen LogP) is 1.14. The average molecular weight is 238 g/mol. The molecule has 16 heavy (non-hydrogen) atoms. The Morgan fingerprint density at radius 2 is 2.06 bits per heavy atom. The summed E-state index contributed by atoms with van der Waals surface area (Å²) in [5, 5.41) is 19.5. The van der Waals surface area contributed by atoms with E-state index in [4.69, 9.17) is 0 Å². The van der Waals surface area contributed by atoms with Crippen molar-refractivity contribution in [3.63, 3.8) is 0 Å². The van der Waals surface area contributed by atoms with E-state index in [9.17, 15) is 15.0 Å². The van der Waals surface area contributed by atoms with Gasteiger partial charge in [0, 0.05) is 17.7 Å². The lowest BCUT2D eigenvalue weighted by molar-refractivity contribution is 0.0332.